The largest absolute Gasteiger partial charge is 0.218 e. The predicted molar refractivity (Wildman–Crippen MR) is 130 cm³/mol. The molecule has 2 fully saturated rings. The minimum Gasteiger partial charge on any atom is -0.212 e. The lowest BCUT2D eigenvalue weighted by Gasteiger charge is -2.41. The van der Waals surface area contributed by atoms with Gasteiger partial charge in [-0.05, 0) is 109 Å². The number of sulfonamides is 1. The van der Waals surface area contributed by atoms with Gasteiger partial charge in [0, 0.05) is 13.1 Å². The molecule has 2 aromatic carbocycles. The fourth-order valence-corrected chi connectivity index (χ4v) is 8.50. The Bertz CT molecular complexity index is 1200. The molecular formula is C26H29Cl2NO2S. The Balaban J connectivity index is 1.35. The molecule has 0 amide bonds. The van der Waals surface area contributed by atoms with Gasteiger partial charge in [0.05, 0.1) is 15.8 Å². The second-order valence-electron chi connectivity index (χ2n) is 10.6. The van der Waals surface area contributed by atoms with Crippen LogP contribution < -0.4 is 0 Å². The molecule has 2 atom stereocenters. The third-order valence-corrected chi connectivity index (χ3v) is 10.9. The highest BCUT2D eigenvalue weighted by atomic mass is 35.5. The molecule has 2 unspecified atom stereocenters. The van der Waals surface area contributed by atoms with E-state index in [-0.39, 0.29) is 5.75 Å². The van der Waals surface area contributed by atoms with Crippen LogP contribution in [0.25, 0.3) is 0 Å². The third-order valence-electron chi connectivity index (χ3n) is 8.41. The standard InChI is InChI=1S/C26H29Cl2NO2S/c1-16-2-4-20-14-29(32(30,31)15-17-3-7-21(27)22(28)12-17)11-8-19-13-26(9-10-26)25(18-5-6-18)23(16)24(19)20/h2-4,7,12,18-19,25H,5-6,8-11,13-15H2,1H3. The van der Waals surface area contributed by atoms with Gasteiger partial charge < -0.3 is 0 Å². The third kappa shape index (κ3) is 3.53. The second-order valence-corrected chi connectivity index (χ2v) is 13.4. The van der Waals surface area contributed by atoms with Crippen LogP contribution in [0.5, 0.6) is 0 Å². The van der Waals surface area contributed by atoms with Crippen molar-refractivity contribution in [2.75, 3.05) is 6.54 Å². The normalized spacial score (nSPS) is 26.6. The summed E-state index contributed by atoms with van der Waals surface area (Å²) in [6.45, 7) is 3.34. The number of nitrogens with zero attached hydrogens (tertiary/aromatic N) is 1. The van der Waals surface area contributed by atoms with E-state index in [2.05, 4.69) is 19.1 Å². The molecule has 32 heavy (non-hydrogen) atoms. The minimum atomic E-state index is -3.47. The first-order valence-corrected chi connectivity index (χ1v) is 14.2. The fraction of sp³-hybridized carbons (Fsp3) is 0.538. The first-order chi connectivity index (χ1) is 15.3. The van der Waals surface area contributed by atoms with Gasteiger partial charge in [0.25, 0.3) is 0 Å². The molecule has 2 aromatic rings. The van der Waals surface area contributed by atoms with Gasteiger partial charge in [-0.3, -0.25) is 0 Å². The van der Waals surface area contributed by atoms with Crippen molar-refractivity contribution in [1.82, 2.24) is 4.31 Å². The summed E-state index contributed by atoms with van der Waals surface area (Å²) in [6.07, 6.45) is 7.61. The molecule has 0 radical (unpaired) electrons. The summed E-state index contributed by atoms with van der Waals surface area (Å²) in [4.78, 5) is 0. The van der Waals surface area contributed by atoms with Crippen LogP contribution in [-0.4, -0.2) is 19.3 Å². The first kappa shape index (κ1) is 21.5. The van der Waals surface area contributed by atoms with Crippen molar-refractivity contribution in [2.24, 2.45) is 11.3 Å². The summed E-state index contributed by atoms with van der Waals surface area (Å²) in [5, 5.41) is 0.840. The Kier molecular flexibility index (Phi) is 5.01. The van der Waals surface area contributed by atoms with Crippen molar-refractivity contribution in [2.45, 2.75) is 69.6 Å². The van der Waals surface area contributed by atoms with Crippen molar-refractivity contribution in [3.05, 3.63) is 68.2 Å². The Labute approximate surface area is 201 Å². The van der Waals surface area contributed by atoms with E-state index in [0.717, 1.165) is 12.3 Å². The topological polar surface area (TPSA) is 37.4 Å². The monoisotopic (exact) mass is 489 g/mol. The zero-order valence-electron chi connectivity index (χ0n) is 18.4. The molecule has 3 nitrogen and oxygen atoms in total. The highest BCUT2D eigenvalue weighted by molar-refractivity contribution is 7.88. The van der Waals surface area contributed by atoms with Gasteiger partial charge in [-0.1, -0.05) is 41.4 Å². The van der Waals surface area contributed by atoms with Crippen molar-refractivity contribution in [3.8, 4) is 0 Å². The van der Waals surface area contributed by atoms with E-state index in [1.807, 2.05) is 0 Å². The zero-order chi connectivity index (χ0) is 22.3. The summed E-state index contributed by atoms with van der Waals surface area (Å²) >= 11 is 12.2. The van der Waals surface area contributed by atoms with Crippen molar-refractivity contribution < 1.29 is 8.42 Å². The second kappa shape index (κ2) is 7.46. The van der Waals surface area contributed by atoms with E-state index >= 15 is 0 Å². The van der Waals surface area contributed by atoms with Crippen LogP contribution in [0, 0.1) is 18.3 Å². The number of rotatable bonds is 4. The van der Waals surface area contributed by atoms with Crippen molar-refractivity contribution in [3.63, 3.8) is 0 Å². The van der Waals surface area contributed by atoms with E-state index in [1.54, 1.807) is 28.1 Å². The molecule has 0 bridgehead atoms. The van der Waals surface area contributed by atoms with Crippen LogP contribution in [0.1, 0.15) is 78.2 Å². The average Bonchev–Trinajstić information content (AvgIpc) is 3.65. The van der Waals surface area contributed by atoms with Crippen LogP contribution >= 0.6 is 23.2 Å². The summed E-state index contributed by atoms with van der Waals surface area (Å²) < 4.78 is 28.6. The number of benzene rings is 2. The fourth-order valence-electron chi connectivity index (χ4n) is 6.67. The van der Waals surface area contributed by atoms with Crippen LogP contribution in [-0.2, 0) is 22.3 Å². The highest BCUT2D eigenvalue weighted by Crippen LogP contribution is 2.71. The molecule has 170 valence electrons. The van der Waals surface area contributed by atoms with Gasteiger partial charge in [0.2, 0.25) is 10.0 Å². The smallest absolute Gasteiger partial charge is 0.212 e. The Hall–Kier alpha value is -1.07. The molecular weight excluding hydrogens is 461 g/mol. The molecule has 0 saturated heterocycles. The lowest BCUT2D eigenvalue weighted by molar-refractivity contribution is 0.275. The molecule has 3 aliphatic carbocycles. The van der Waals surface area contributed by atoms with E-state index in [1.165, 1.54) is 48.8 Å². The van der Waals surface area contributed by atoms with Gasteiger partial charge in [-0.2, -0.15) is 4.31 Å². The van der Waals surface area contributed by atoms with Gasteiger partial charge >= 0.3 is 0 Å². The van der Waals surface area contributed by atoms with Gasteiger partial charge in [0.15, 0.2) is 0 Å². The number of hydrogen-bond acceptors (Lipinski definition) is 2. The number of hydrogen-bond donors (Lipinski definition) is 0. The first-order valence-electron chi connectivity index (χ1n) is 11.8. The molecule has 1 spiro atoms. The zero-order valence-corrected chi connectivity index (χ0v) is 20.7. The van der Waals surface area contributed by atoms with E-state index < -0.39 is 10.0 Å². The van der Waals surface area contributed by atoms with Crippen molar-refractivity contribution in [1.29, 1.82) is 0 Å². The average molecular weight is 490 g/mol. The predicted octanol–water partition coefficient (Wildman–Crippen LogP) is 6.80. The molecule has 6 heteroatoms. The number of halogens is 2. The quantitative estimate of drug-likeness (QED) is 0.473. The van der Waals surface area contributed by atoms with Gasteiger partial charge in [-0.25, -0.2) is 8.42 Å². The molecule has 1 aliphatic heterocycles. The van der Waals surface area contributed by atoms with Crippen molar-refractivity contribution >= 4 is 33.2 Å². The van der Waals surface area contributed by atoms with Crippen LogP contribution in [0.2, 0.25) is 10.0 Å². The maximum atomic E-state index is 13.4. The van der Waals surface area contributed by atoms with E-state index in [9.17, 15) is 8.42 Å². The molecule has 1 heterocycles. The maximum absolute atomic E-state index is 13.4. The number of aryl methyl sites for hydroxylation is 1. The summed E-state index contributed by atoms with van der Waals surface area (Å²) in [6, 6.07) is 9.54. The van der Waals surface area contributed by atoms with Crippen LogP contribution in [0.4, 0.5) is 0 Å². The Morgan fingerprint density at radius 3 is 2.50 bits per heavy atom. The molecule has 2 saturated carbocycles. The summed E-state index contributed by atoms with van der Waals surface area (Å²) in [5.74, 6) is 1.99. The molecule has 6 rings (SSSR count). The Morgan fingerprint density at radius 1 is 1.03 bits per heavy atom. The minimum absolute atomic E-state index is 0.0444. The SMILES string of the molecule is Cc1ccc2c3c1C(C1CC1)C1(CC1)CC3CCN(S(=O)(=O)Cc1ccc(Cl)c(Cl)c1)C2. The van der Waals surface area contributed by atoms with Crippen LogP contribution in [0.3, 0.4) is 0 Å². The lowest BCUT2D eigenvalue weighted by atomic mass is 9.63. The molecule has 0 aromatic heterocycles. The summed E-state index contributed by atoms with van der Waals surface area (Å²) in [5.41, 5.74) is 6.93. The van der Waals surface area contributed by atoms with E-state index in [4.69, 9.17) is 23.2 Å². The summed E-state index contributed by atoms with van der Waals surface area (Å²) in [7, 11) is -3.47. The highest BCUT2D eigenvalue weighted by Gasteiger charge is 2.59. The van der Waals surface area contributed by atoms with Gasteiger partial charge in [0.1, 0.15) is 0 Å². The van der Waals surface area contributed by atoms with Gasteiger partial charge in [-0.15, -0.1) is 0 Å². The molecule has 0 N–H and O–H groups in total. The lowest BCUT2D eigenvalue weighted by Crippen LogP contribution is -2.32. The Morgan fingerprint density at radius 2 is 1.81 bits per heavy atom. The van der Waals surface area contributed by atoms with E-state index in [0.29, 0.717) is 45.9 Å². The van der Waals surface area contributed by atoms with Crippen LogP contribution in [0.15, 0.2) is 30.3 Å². The maximum Gasteiger partial charge on any atom is 0.218 e. The molecule has 4 aliphatic rings.